The van der Waals surface area contributed by atoms with E-state index >= 15 is 0 Å². The van der Waals surface area contributed by atoms with Gasteiger partial charge in [0.25, 0.3) is 0 Å². The number of rotatable bonds is 1. The molecule has 3 nitrogen and oxygen atoms in total. The van der Waals surface area contributed by atoms with E-state index in [1.54, 1.807) is 0 Å². The highest BCUT2D eigenvalue weighted by Gasteiger charge is 2.14. The molecule has 2 aromatic carbocycles. The van der Waals surface area contributed by atoms with Crippen molar-refractivity contribution in [2.45, 2.75) is 6.42 Å². The highest BCUT2D eigenvalue weighted by molar-refractivity contribution is 7.71. The number of hydrogen-bond donors (Lipinski definition) is 1. The third-order valence-corrected chi connectivity index (χ3v) is 3.97. The van der Waals surface area contributed by atoms with Crippen LogP contribution in [-0.2, 0) is 6.42 Å². The molecule has 1 aliphatic heterocycles. The molecule has 0 radical (unpaired) electrons. The number of benzene rings is 2. The molecule has 2 heterocycles. The maximum absolute atomic E-state index is 5.55. The number of aromatic nitrogens is 2. The van der Waals surface area contributed by atoms with E-state index in [1.807, 2.05) is 24.3 Å². The number of ether oxygens (including phenoxy) is 1. The summed E-state index contributed by atoms with van der Waals surface area (Å²) in [6.45, 7) is 0.768. The smallest absolute Gasteiger partial charge is 0.127 e. The van der Waals surface area contributed by atoms with Gasteiger partial charge < -0.3 is 4.74 Å². The lowest BCUT2D eigenvalue weighted by Crippen LogP contribution is -1.92. The highest BCUT2D eigenvalue weighted by atomic mass is 32.1. The van der Waals surface area contributed by atoms with Crippen LogP contribution in [0.3, 0.4) is 0 Å². The highest BCUT2D eigenvalue weighted by Crippen LogP contribution is 2.32. The van der Waals surface area contributed by atoms with Crippen molar-refractivity contribution >= 4 is 23.0 Å². The van der Waals surface area contributed by atoms with E-state index in [0.717, 1.165) is 40.8 Å². The molecule has 1 aliphatic rings. The standard InChI is InChI=1S/C16H12N2OS/c20-16-13-4-2-1-3-12(13)15(17-18-16)11-5-6-14-10(9-11)7-8-19-14/h1-6,9H,7-8H2,(H,18,20). The Kier molecular flexibility index (Phi) is 2.57. The van der Waals surface area contributed by atoms with Crippen LogP contribution in [0.1, 0.15) is 5.56 Å². The van der Waals surface area contributed by atoms with Crippen molar-refractivity contribution in [1.82, 2.24) is 10.2 Å². The van der Waals surface area contributed by atoms with Gasteiger partial charge in [-0.3, -0.25) is 5.10 Å². The Morgan fingerprint density at radius 3 is 2.85 bits per heavy atom. The van der Waals surface area contributed by atoms with Gasteiger partial charge in [0.05, 0.1) is 12.3 Å². The third kappa shape index (κ3) is 1.72. The molecule has 0 saturated heterocycles. The zero-order valence-electron chi connectivity index (χ0n) is 10.7. The van der Waals surface area contributed by atoms with Crippen molar-refractivity contribution in [2.75, 3.05) is 6.61 Å². The fourth-order valence-corrected chi connectivity index (χ4v) is 2.89. The molecule has 0 unspecified atom stereocenters. The summed E-state index contributed by atoms with van der Waals surface area (Å²) in [5.41, 5.74) is 3.27. The van der Waals surface area contributed by atoms with Crippen LogP contribution in [0.2, 0.25) is 0 Å². The molecule has 0 atom stereocenters. The topological polar surface area (TPSA) is 37.9 Å². The first-order valence-electron chi connectivity index (χ1n) is 6.56. The number of nitrogens with zero attached hydrogens (tertiary/aromatic N) is 1. The van der Waals surface area contributed by atoms with E-state index in [0.29, 0.717) is 4.64 Å². The van der Waals surface area contributed by atoms with E-state index in [-0.39, 0.29) is 0 Å². The molecule has 0 fully saturated rings. The molecule has 3 aromatic rings. The zero-order chi connectivity index (χ0) is 13.5. The second kappa shape index (κ2) is 4.42. The molecule has 1 aromatic heterocycles. The molecule has 0 aliphatic carbocycles. The van der Waals surface area contributed by atoms with Gasteiger partial charge in [-0.05, 0) is 23.8 Å². The van der Waals surface area contributed by atoms with Crippen LogP contribution in [0.4, 0.5) is 0 Å². The minimum Gasteiger partial charge on any atom is -0.493 e. The van der Waals surface area contributed by atoms with Gasteiger partial charge in [0.1, 0.15) is 10.4 Å². The Hall–Kier alpha value is -2.20. The van der Waals surface area contributed by atoms with Crippen LogP contribution >= 0.6 is 12.2 Å². The zero-order valence-corrected chi connectivity index (χ0v) is 11.5. The Morgan fingerprint density at radius 2 is 1.95 bits per heavy atom. The van der Waals surface area contributed by atoms with E-state index in [1.165, 1.54) is 5.56 Å². The van der Waals surface area contributed by atoms with Crippen molar-refractivity contribution in [1.29, 1.82) is 0 Å². The van der Waals surface area contributed by atoms with Crippen LogP contribution in [-0.4, -0.2) is 16.8 Å². The number of hydrogen-bond acceptors (Lipinski definition) is 3. The summed E-state index contributed by atoms with van der Waals surface area (Å²) in [6.07, 6.45) is 0.962. The summed E-state index contributed by atoms with van der Waals surface area (Å²) in [5, 5.41) is 9.49. The van der Waals surface area contributed by atoms with Crippen molar-refractivity contribution in [3.8, 4) is 17.0 Å². The second-order valence-corrected chi connectivity index (χ2v) is 5.28. The van der Waals surface area contributed by atoms with Crippen LogP contribution in [0, 0.1) is 4.64 Å². The first kappa shape index (κ1) is 11.6. The second-order valence-electron chi connectivity index (χ2n) is 4.87. The summed E-state index contributed by atoms with van der Waals surface area (Å²) in [6, 6.07) is 14.3. The lowest BCUT2D eigenvalue weighted by atomic mass is 10.0. The first-order valence-corrected chi connectivity index (χ1v) is 6.97. The van der Waals surface area contributed by atoms with E-state index < -0.39 is 0 Å². The summed E-state index contributed by atoms with van der Waals surface area (Å²) < 4.78 is 6.23. The molecule has 0 amide bonds. The number of nitrogens with one attached hydrogen (secondary N) is 1. The summed E-state index contributed by atoms with van der Waals surface area (Å²) in [4.78, 5) is 0. The Balaban J connectivity index is 1.99. The molecular formula is C16H12N2OS. The van der Waals surface area contributed by atoms with E-state index in [9.17, 15) is 0 Å². The van der Waals surface area contributed by atoms with E-state index in [4.69, 9.17) is 17.0 Å². The number of H-pyrrole nitrogens is 1. The predicted octanol–water partition coefficient (Wildman–Crippen LogP) is 3.89. The Labute approximate surface area is 121 Å². The SMILES string of the molecule is S=c1[nH]nc(-c2ccc3c(c2)CCO3)c2ccccc12. The third-order valence-electron chi connectivity index (χ3n) is 3.66. The molecule has 1 N–H and O–H groups in total. The molecular weight excluding hydrogens is 268 g/mol. The summed E-state index contributed by atoms with van der Waals surface area (Å²) >= 11 is 5.30. The maximum atomic E-state index is 5.55. The fraction of sp³-hybridized carbons (Fsp3) is 0.125. The summed E-state index contributed by atoms with van der Waals surface area (Å²) in [7, 11) is 0. The molecule has 4 heteroatoms. The van der Waals surface area contributed by atoms with Gasteiger partial charge in [-0.25, -0.2) is 0 Å². The summed E-state index contributed by atoms with van der Waals surface area (Å²) in [5.74, 6) is 0.988. The molecule has 4 rings (SSSR count). The van der Waals surface area contributed by atoms with Crippen LogP contribution in [0.15, 0.2) is 42.5 Å². The van der Waals surface area contributed by atoms with E-state index in [2.05, 4.69) is 28.4 Å². The quantitative estimate of drug-likeness (QED) is 0.687. The van der Waals surface area contributed by atoms with Crippen molar-refractivity contribution in [2.24, 2.45) is 0 Å². The Morgan fingerprint density at radius 1 is 1.10 bits per heavy atom. The van der Waals surface area contributed by atoms with Gasteiger partial charge in [0, 0.05) is 22.8 Å². The molecule has 0 spiro atoms. The van der Waals surface area contributed by atoms with Crippen molar-refractivity contribution in [3.05, 3.63) is 52.7 Å². The first-order chi connectivity index (χ1) is 9.83. The minimum atomic E-state index is 0.675. The maximum Gasteiger partial charge on any atom is 0.127 e. The van der Waals surface area contributed by atoms with Gasteiger partial charge in [0.15, 0.2) is 0 Å². The average Bonchev–Trinajstić information content (AvgIpc) is 2.95. The normalized spacial score (nSPS) is 13.2. The van der Waals surface area contributed by atoms with Crippen LogP contribution < -0.4 is 4.74 Å². The van der Waals surface area contributed by atoms with Gasteiger partial charge in [-0.1, -0.05) is 36.5 Å². The van der Waals surface area contributed by atoms with Crippen molar-refractivity contribution in [3.63, 3.8) is 0 Å². The minimum absolute atomic E-state index is 0.675. The predicted molar refractivity (Wildman–Crippen MR) is 81.6 cm³/mol. The lowest BCUT2D eigenvalue weighted by molar-refractivity contribution is 0.357. The largest absolute Gasteiger partial charge is 0.493 e. The monoisotopic (exact) mass is 280 g/mol. The number of fused-ring (bicyclic) bond motifs is 2. The van der Waals surface area contributed by atoms with Gasteiger partial charge in [-0.15, -0.1) is 0 Å². The lowest BCUT2D eigenvalue weighted by Gasteiger charge is -2.07. The van der Waals surface area contributed by atoms with Gasteiger partial charge >= 0.3 is 0 Å². The molecule has 98 valence electrons. The molecule has 20 heavy (non-hydrogen) atoms. The molecule has 0 bridgehead atoms. The van der Waals surface area contributed by atoms with Gasteiger partial charge in [-0.2, -0.15) is 5.10 Å². The fourth-order valence-electron chi connectivity index (χ4n) is 2.67. The Bertz CT molecular complexity index is 870. The van der Waals surface area contributed by atoms with Crippen molar-refractivity contribution < 1.29 is 4.74 Å². The molecule has 0 saturated carbocycles. The average molecular weight is 280 g/mol. The van der Waals surface area contributed by atoms with Crippen LogP contribution in [0.5, 0.6) is 5.75 Å². The van der Waals surface area contributed by atoms with Gasteiger partial charge in [0.2, 0.25) is 0 Å². The van der Waals surface area contributed by atoms with Crippen LogP contribution in [0.25, 0.3) is 22.0 Å². The number of aromatic amines is 1.